The van der Waals surface area contributed by atoms with E-state index in [2.05, 4.69) is 4.98 Å². The zero-order valence-corrected chi connectivity index (χ0v) is 7.53. The van der Waals surface area contributed by atoms with Gasteiger partial charge in [0.15, 0.2) is 0 Å². The highest BCUT2D eigenvalue weighted by molar-refractivity contribution is 6.19. The van der Waals surface area contributed by atoms with E-state index in [0.717, 1.165) is 0 Å². The maximum Gasteiger partial charge on any atom is 0.335 e. The molecule has 0 fully saturated rings. The molecule has 1 heterocycles. The van der Waals surface area contributed by atoms with E-state index in [9.17, 15) is 4.79 Å². The van der Waals surface area contributed by atoms with Crippen molar-refractivity contribution in [3.8, 4) is 0 Å². The van der Waals surface area contributed by atoms with Gasteiger partial charge in [-0.15, -0.1) is 11.6 Å². The molecule has 1 aromatic rings. The summed E-state index contributed by atoms with van der Waals surface area (Å²) < 4.78 is 0. The zero-order valence-electron chi connectivity index (χ0n) is 6.77. The Balaban J connectivity index is 2.92. The molecular formula is C9H8ClNO2. The fourth-order valence-corrected chi connectivity index (χ4v) is 0.927. The zero-order chi connectivity index (χ0) is 9.68. The first kappa shape index (κ1) is 9.74. The smallest absolute Gasteiger partial charge is 0.335 e. The van der Waals surface area contributed by atoms with Crippen LogP contribution in [0.25, 0.3) is 6.08 Å². The lowest BCUT2D eigenvalue weighted by atomic mass is 10.2. The highest BCUT2D eigenvalue weighted by atomic mass is 35.5. The lowest BCUT2D eigenvalue weighted by Crippen LogP contribution is -1.96. The predicted octanol–water partition coefficient (Wildman–Crippen LogP) is 2.03. The summed E-state index contributed by atoms with van der Waals surface area (Å²) in [4.78, 5) is 14.5. The van der Waals surface area contributed by atoms with Crippen LogP contribution in [0.15, 0.2) is 24.4 Å². The molecule has 68 valence electrons. The maximum absolute atomic E-state index is 10.5. The number of aromatic nitrogens is 1. The van der Waals surface area contributed by atoms with E-state index in [1.807, 2.05) is 0 Å². The maximum atomic E-state index is 10.5. The van der Waals surface area contributed by atoms with Crippen molar-refractivity contribution in [3.05, 3.63) is 35.7 Å². The van der Waals surface area contributed by atoms with Crippen LogP contribution >= 0.6 is 11.6 Å². The third-order valence-corrected chi connectivity index (χ3v) is 1.58. The predicted molar refractivity (Wildman–Crippen MR) is 51.0 cm³/mol. The van der Waals surface area contributed by atoms with Gasteiger partial charge in [0, 0.05) is 12.1 Å². The first-order valence-electron chi connectivity index (χ1n) is 3.66. The molecule has 1 N–H and O–H groups in total. The first-order chi connectivity index (χ1) is 6.24. The van der Waals surface area contributed by atoms with Gasteiger partial charge in [-0.3, -0.25) is 4.98 Å². The average Bonchev–Trinajstić information content (AvgIpc) is 2.15. The topological polar surface area (TPSA) is 50.2 Å². The Morgan fingerprint density at radius 1 is 1.69 bits per heavy atom. The van der Waals surface area contributed by atoms with Gasteiger partial charge < -0.3 is 5.11 Å². The molecule has 0 saturated carbocycles. The number of hydrogen-bond acceptors (Lipinski definition) is 2. The lowest BCUT2D eigenvalue weighted by molar-refractivity contribution is 0.0696. The van der Waals surface area contributed by atoms with Crippen molar-refractivity contribution < 1.29 is 9.90 Å². The van der Waals surface area contributed by atoms with Crippen LogP contribution in [0.5, 0.6) is 0 Å². The normalized spacial score (nSPS) is 10.5. The largest absolute Gasteiger partial charge is 0.478 e. The summed E-state index contributed by atoms with van der Waals surface area (Å²) in [5, 5.41) is 8.66. The van der Waals surface area contributed by atoms with E-state index in [4.69, 9.17) is 16.7 Å². The Kier molecular flexibility index (Phi) is 3.46. The monoisotopic (exact) mass is 197 g/mol. The van der Waals surface area contributed by atoms with Crippen LogP contribution in [0.1, 0.15) is 16.1 Å². The van der Waals surface area contributed by atoms with Crippen molar-refractivity contribution in [3.63, 3.8) is 0 Å². The third kappa shape index (κ3) is 2.87. The Morgan fingerprint density at radius 3 is 3.08 bits per heavy atom. The summed E-state index contributed by atoms with van der Waals surface area (Å²) >= 11 is 5.42. The van der Waals surface area contributed by atoms with E-state index in [-0.39, 0.29) is 5.56 Å². The number of nitrogens with zero attached hydrogens (tertiary/aromatic N) is 1. The molecule has 1 aromatic heterocycles. The molecule has 0 atom stereocenters. The summed E-state index contributed by atoms with van der Waals surface area (Å²) in [5.41, 5.74) is 0.824. The number of carboxylic acid groups (broad SMARTS) is 1. The number of halogens is 1. The quantitative estimate of drug-likeness (QED) is 0.755. The second kappa shape index (κ2) is 4.62. The molecule has 0 radical (unpaired) electrons. The van der Waals surface area contributed by atoms with Gasteiger partial charge >= 0.3 is 5.97 Å². The fourth-order valence-electron chi connectivity index (χ4n) is 0.838. The van der Waals surface area contributed by atoms with Crippen molar-refractivity contribution in [1.82, 2.24) is 4.98 Å². The van der Waals surface area contributed by atoms with Crippen molar-refractivity contribution >= 4 is 23.6 Å². The number of allylic oxidation sites excluding steroid dienone is 1. The van der Waals surface area contributed by atoms with Crippen LogP contribution in [0.2, 0.25) is 0 Å². The summed E-state index contributed by atoms with van der Waals surface area (Å²) in [5.74, 6) is -0.568. The van der Waals surface area contributed by atoms with Gasteiger partial charge in [-0.1, -0.05) is 6.08 Å². The number of alkyl halides is 1. The van der Waals surface area contributed by atoms with E-state index < -0.39 is 5.97 Å². The fraction of sp³-hybridized carbons (Fsp3) is 0.111. The molecule has 0 aliphatic carbocycles. The van der Waals surface area contributed by atoms with E-state index in [1.165, 1.54) is 18.3 Å². The van der Waals surface area contributed by atoms with Crippen molar-refractivity contribution in [2.45, 2.75) is 0 Å². The highest BCUT2D eigenvalue weighted by Gasteiger charge is 2.01. The third-order valence-electron chi connectivity index (χ3n) is 1.41. The van der Waals surface area contributed by atoms with Crippen LogP contribution in [-0.2, 0) is 0 Å². The number of pyridine rings is 1. The minimum absolute atomic E-state index is 0.226. The molecule has 13 heavy (non-hydrogen) atoms. The number of carbonyl (C=O) groups is 1. The Labute approximate surface area is 80.7 Å². The SMILES string of the molecule is O=C(O)c1ccnc(C=CCCl)c1. The number of hydrogen-bond donors (Lipinski definition) is 1. The van der Waals surface area contributed by atoms with E-state index in [0.29, 0.717) is 11.6 Å². The summed E-state index contributed by atoms with van der Waals surface area (Å²) in [6, 6.07) is 2.94. The summed E-state index contributed by atoms with van der Waals surface area (Å²) in [7, 11) is 0. The molecule has 3 nitrogen and oxygen atoms in total. The summed E-state index contributed by atoms with van der Waals surface area (Å²) in [6.07, 6.45) is 4.84. The average molecular weight is 198 g/mol. The van der Waals surface area contributed by atoms with Crippen LogP contribution in [0.4, 0.5) is 0 Å². The minimum Gasteiger partial charge on any atom is -0.478 e. The Morgan fingerprint density at radius 2 is 2.46 bits per heavy atom. The highest BCUT2D eigenvalue weighted by Crippen LogP contribution is 2.03. The molecule has 0 spiro atoms. The minimum atomic E-state index is -0.956. The molecule has 4 heteroatoms. The molecule has 0 saturated heterocycles. The number of aromatic carboxylic acids is 1. The second-order valence-corrected chi connectivity index (χ2v) is 2.64. The summed E-state index contributed by atoms with van der Waals surface area (Å²) in [6.45, 7) is 0. The number of rotatable bonds is 3. The Hall–Kier alpha value is -1.35. The van der Waals surface area contributed by atoms with Crippen molar-refractivity contribution in [2.75, 3.05) is 5.88 Å². The van der Waals surface area contributed by atoms with E-state index >= 15 is 0 Å². The van der Waals surface area contributed by atoms with Crippen molar-refractivity contribution in [1.29, 1.82) is 0 Å². The lowest BCUT2D eigenvalue weighted by Gasteiger charge is -1.94. The van der Waals surface area contributed by atoms with Crippen molar-refractivity contribution in [2.24, 2.45) is 0 Å². The molecule has 0 aliphatic rings. The van der Waals surface area contributed by atoms with Gasteiger partial charge in [0.1, 0.15) is 0 Å². The molecule has 1 rings (SSSR count). The van der Waals surface area contributed by atoms with Gasteiger partial charge in [-0.05, 0) is 18.2 Å². The van der Waals surface area contributed by atoms with Gasteiger partial charge in [0.05, 0.1) is 11.3 Å². The molecule has 0 aliphatic heterocycles. The van der Waals surface area contributed by atoms with Crippen LogP contribution in [0.3, 0.4) is 0 Å². The standard InChI is InChI=1S/C9H8ClNO2/c10-4-1-2-8-6-7(9(12)13)3-5-11-8/h1-3,5-6H,4H2,(H,12,13). The second-order valence-electron chi connectivity index (χ2n) is 2.33. The molecular weight excluding hydrogens is 190 g/mol. The van der Waals surface area contributed by atoms with E-state index in [1.54, 1.807) is 12.2 Å². The first-order valence-corrected chi connectivity index (χ1v) is 4.19. The van der Waals surface area contributed by atoms with Gasteiger partial charge in [0.25, 0.3) is 0 Å². The van der Waals surface area contributed by atoms with Crippen LogP contribution < -0.4 is 0 Å². The molecule has 0 unspecified atom stereocenters. The molecule has 0 bridgehead atoms. The molecule has 0 amide bonds. The Bertz CT molecular complexity index is 336. The van der Waals surface area contributed by atoms with Gasteiger partial charge in [0.2, 0.25) is 0 Å². The van der Waals surface area contributed by atoms with Crippen LogP contribution in [-0.4, -0.2) is 21.9 Å². The van der Waals surface area contributed by atoms with Gasteiger partial charge in [-0.25, -0.2) is 4.79 Å². The number of carboxylic acids is 1. The van der Waals surface area contributed by atoms with Crippen LogP contribution in [0, 0.1) is 0 Å². The van der Waals surface area contributed by atoms with Gasteiger partial charge in [-0.2, -0.15) is 0 Å². The molecule has 0 aromatic carbocycles.